The van der Waals surface area contributed by atoms with Gasteiger partial charge < -0.3 is 4.57 Å². The maximum atomic E-state index is 4.62. The van der Waals surface area contributed by atoms with Crippen molar-refractivity contribution in [3.05, 3.63) is 41.5 Å². The molecule has 0 atom stereocenters. The molecule has 0 saturated carbocycles. The SMILES string of the molecule is Cn1ccccc1=NCCC1=CCCCC1. The molecule has 1 aromatic rings. The summed E-state index contributed by atoms with van der Waals surface area (Å²) in [6.45, 7) is 0.920. The molecule has 1 heterocycles. The highest BCUT2D eigenvalue weighted by molar-refractivity contribution is 5.05. The van der Waals surface area contributed by atoms with Crippen LogP contribution in [0.4, 0.5) is 0 Å². The van der Waals surface area contributed by atoms with Gasteiger partial charge in [-0.05, 0) is 44.2 Å². The Labute approximate surface area is 97.3 Å². The predicted octanol–water partition coefficient (Wildman–Crippen LogP) is 2.82. The Kier molecular flexibility index (Phi) is 3.97. The van der Waals surface area contributed by atoms with E-state index < -0.39 is 0 Å². The van der Waals surface area contributed by atoms with Crippen molar-refractivity contribution in [3.8, 4) is 0 Å². The zero-order valence-electron chi connectivity index (χ0n) is 10.0. The number of hydrogen-bond donors (Lipinski definition) is 0. The molecular weight excluding hydrogens is 196 g/mol. The Morgan fingerprint density at radius 3 is 3.00 bits per heavy atom. The van der Waals surface area contributed by atoms with Gasteiger partial charge in [0.25, 0.3) is 0 Å². The van der Waals surface area contributed by atoms with E-state index in [0.717, 1.165) is 18.5 Å². The Balaban J connectivity index is 1.94. The number of rotatable bonds is 3. The van der Waals surface area contributed by atoms with E-state index in [9.17, 15) is 0 Å². The molecule has 0 radical (unpaired) electrons. The minimum Gasteiger partial charge on any atom is -0.336 e. The van der Waals surface area contributed by atoms with Gasteiger partial charge in [-0.25, -0.2) is 0 Å². The number of allylic oxidation sites excluding steroid dienone is 1. The molecule has 2 rings (SSSR count). The molecular formula is C14H20N2. The topological polar surface area (TPSA) is 17.3 Å². The van der Waals surface area contributed by atoms with Crippen LogP contribution >= 0.6 is 0 Å². The van der Waals surface area contributed by atoms with E-state index in [1.807, 2.05) is 25.4 Å². The van der Waals surface area contributed by atoms with Gasteiger partial charge in [0.05, 0.1) is 0 Å². The molecule has 2 heteroatoms. The van der Waals surface area contributed by atoms with Crippen molar-refractivity contribution < 1.29 is 0 Å². The van der Waals surface area contributed by atoms with Crippen molar-refractivity contribution >= 4 is 0 Å². The highest BCUT2D eigenvalue weighted by atomic mass is 15.0. The van der Waals surface area contributed by atoms with Crippen molar-refractivity contribution in [2.75, 3.05) is 6.54 Å². The van der Waals surface area contributed by atoms with Gasteiger partial charge in [-0.1, -0.05) is 17.7 Å². The van der Waals surface area contributed by atoms with Gasteiger partial charge in [-0.15, -0.1) is 0 Å². The predicted molar refractivity (Wildman–Crippen MR) is 67.0 cm³/mol. The number of hydrogen-bond acceptors (Lipinski definition) is 1. The smallest absolute Gasteiger partial charge is 0.127 e. The molecule has 0 aromatic carbocycles. The largest absolute Gasteiger partial charge is 0.336 e. The van der Waals surface area contributed by atoms with Crippen LogP contribution in [0, 0.1) is 0 Å². The lowest BCUT2D eigenvalue weighted by atomic mass is 9.97. The van der Waals surface area contributed by atoms with Crippen LogP contribution in [-0.4, -0.2) is 11.1 Å². The van der Waals surface area contributed by atoms with E-state index in [1.54, 1.807) is 5.57 Å². The van der Waals surface area contributed by atoms with E-state index in [2.05, 4.69) is 21.7 Å². The second kappa shape index (κ2) is 5.69. The van der Waals surface area contributed by atoms with Crippen LogP contribution in [0.25, 0.3) is 0 Å². The highest BCUT2D eigenvalue weighted by Gasteiger charge is 2.02. The van der Waals surface area contributed by atoms with Crippen LogP contribution in [0.1, 0.15) is 32.1 Å². The van der Waals surface area contributed by atoms with Gasteiger partial charge in [0, 0.05) is 19.8 Å². The van der Waals surface area contributed by atoms with Gasteiger partial charge in [0.15, 0.2) is 0 Å². The molecule has 0 amide bonds. The third-order valence-electron chi connectivity index (χ3n) is 3.12. The van der Waals surface area contributed by atoms with Crippen LogP contribution < -0.4 is 5.49 Å². The van der Waals surface area contributed by atoms with Crippen LogP contribution in [0.15, 0.2) is 41.0 Å². The fourth-order valence-electron chi connectivity index (χ4n) is 2.12. The molecule has 2 nitrogen and oxygen atoms in total. The summed E-state index contributed by atoms with van der Waals surface area (Å²) in [6.07, 6.45) is 10.9. The van der Waals surface area contributed by atoms with E-state index in [4.69, 9.17) is 0 Å². The van der Waals surface area contributed by atoms with Crippen molar-refractivity contribution in [1.82, 2.24) is 4.57 Å². The molecule has 0 N–H and O–H groups in total. The summed E-state index contributed by atoms with van der Waals surface area (Å²) < 4.78 is 2.06. The molecule has 0 aliphatic heterocycles. The third-order valence-corrected chi connectivity index (χ3v) is 3.12. The molecule has 1 aliphatic carbocycles. The summed E-state index contributed by atoms with van der Waals surface area (Å²) in [6, 6.07) is 6.14. The zero-order chi connectivity index (χ0) is 11.2. The van der Waals surface area contributed by atoms with Crippen LogP contribution in [-0.2, 0) is 7.05 Å². The van der Waals surface area contributed by atoms with Crippen molar-refractivity contribution in [3.63, 3.8) is 0 Å². The highest BCUT2D eigenvalue weighted by Crippen LogP contribution is 2.19. The molecule has 1 aromatic heterocycles. The van der Waals surface area contributed by atoms with Crippen LogP contribution in [0.3, 0.4) is 0 Å². The summed E-state index contributed by atoms with van der Waals surface area (Å²) in [4.78, 5) is 4.62. The second-order valence-corrected chi connectivity index (χ2v) is 4.41. The first-order chi connectivity index (χ1) is 7.86. The fraction of sp³-hybridized carbons (Fsp3) is 0.500. The standard InChI is InChI=1S/C14H20N2/c1-16-12-6-5-9-14(16)15-11-10-13-7-3-2-4-8-13/h5-7,9,12H,2-4,8,10-11H2,1H3. The summed E-state index contributed by atoms with van der Waals surface area (Å²) in [7, 11) is 2.04. The minimum absolute atomic E-state index is 0.920. The minimum atomic E-state index is 0.920. The molecule has 16 heavy (non-hydrogen) atoms. The van der Waals surface area contributed by atoms with Crippen molar-refractivity contribution in [2.45, 2.75) is 32.1 Å². The third kappa shape index (κ3) is 3.09. The monoisotopic (exact) mass is 216 g/mol. The van der Waals surface area contributed by atoms with E-state index >= 15 is 0 Å². The average molecular weight is 216 g/mol. The van der Waals surface area contributed by atoms with Gasteiger partial charge in [-0.3, -0.25) is 4.99 Å². The quantitative estimate of drug-likeness (QED) is 0.691. The first kappa shape index (κ1) is 11.2. The molecule has 0 unspecified atom stereocenters. The summed E-state index contributed by atoms with van der Waals surface area (Å²) in [5.41, 5.74) is 2.67. The molecule has 0 saturated heterocycles. The van der Waals surface area contributed by atoms with E-state index in [1.165, 1.54) is 25.7 Å². The summed E-state index contributed by atoms with van der Waals surface area (Å²) in [5.74, 6) is 0. The lowest BCUT2D eigenvalue weighted by Crippen LogP contribution is -2.16. The molecule has 0 bridgehead atoms. The molecule has 0 fully saturated rings. The van der Waals surface area contributed by atoms with Crippen LogP contribution in [0.2, 0.25) is 0 Å². The Morgan fingerprint density at radius 1 is 1.31 bits per heavy atom. The van der Waals surface area contributed by atoms with E-state index in [-0.39, 0.29) is 0 Å². The number of aryl methyl sites for hydroxylation is 1. The normalized spacial score (nSPS) is 17.3. The second-order valence-electron chi connectivity index (χ2n) is 4.41. The molecule has 86 valence electrons. The Hall–Kier alpha value is -1.31. The molecule has 0 spiro atoms. The lowest BCUT2D eigenvalue weighted by Gasteiger charge is -2.10. The molecule has 1 aliphatic rings. The maximum absolute atomic E-state index is 4.62. The fourth-order valence-corrected chi connectivity index (χ4v) is 2.12. The van der Waals surface area contributed by atoms with Gasteiger partial charge >= 0.3 is 0 Å². The Morgan fingerprint density at radius 2 is 2.25 bits per heavy atom. The lowest BCUT2D eigenvalue weighted by molar-refractivity contribution is 0.672. The Bertz CT molecular complexity index is 426. The van der Waals surface area contributed by atoms with Crippen molar-refractivity contribution in [1.29, 1.82) is 0 Å². The summed E-state index contributed by atoms with van der Waals surface area (Å²) >= 11 is 0. The summed E-state index contributed by atoms with van der Waals surface area (Å²) in [5, 5.41) is 0. The first-order valence-corrected chi connectivity index (χ1v) is 6.16. The van der Waals surface area contributed by atoms with Crippen molar-refractivity contribution in [2.24, 2.45) is 12.0 Å². The number of pyridine rings is 1. The van der Waals surface area contributed by atoms with Gasteiger partial charge in [-0.2, -0.15) is 0 Å². The van der Waals surface area contributed by atoms with Crippen LogP contribution in [0.5, 0.6) is 0 Å². The van der Waals surface area contributed by atoms with E-state index in [0.29, 0.717) is 0 Å². The maximum Gasteiger partial charge on any atom is 0.127 e. The zero-order valence-corrected chi connectivity index (χ0v) is 10.0. The van der Waals surface area contributed by atoms with Gasteiger partial charge in [0.1, 0.15) is 5.49 Å². The number of nitrogens with zero attached hydrogens (tertiary/aromatic N) is 2. The van der Waals surface area contributed by atoms with Gasteiger partial charge in [0.2, 0.25) is 0 Å². The average Bonchev–Trinajstić information content (AvgIpc) is 2.33. The first-order valence-electron chi connectivity index (χ1n) is 6.16. The number of aromatic nitrogens is 1.